The molecular formula is C10H11F3N2O. The third kappa shape index (κ3) is 1.97. The van der Waals surface area contributed by atoms with Gasteiger partial charge < -0.3 is 10.1 Å². The Labute approximate surface area is 90.6 Å². The standard InChI is InChI=1S/C10H11F3N2O/c1-16-9-7-2-3-14-5-6(7)4-8(15-9)10(11,12)13/h4,14H,2-3,5H2,1H3. The highest BCUT2D eigenvalue weighted by Gasteiger charge is 2.34. The fourth-order valence-corrected chi connectivity index (χ4v) is 1.77. The first-order valence-electron chi connectivity index (χ1n) is 4.87. The van der Waals surface area contributed by atoms with Gasteiger partial charge >= 0.3 is 6.18 Å². The molecule has 0 spiro atoms. The summed E-state index contributed by atoms with van der Waals surface area (Å²) in [5, 5.41) is 3.02. The number of nitrogens with one attached hydrogen (secondary N) is 1. The van der Waals surface area contributed by atoms with E-state index in [-0.39, 0.29) is 5.88 Å². The summed E-state index contributed by atoms with van der Waals surface area (Å²) in [6.07, 6.45) is -3.79. The van der Waals surface area contributed by atoms with Crippen LogP contribution in [-0.4, -0.2) is 18.6 Å². The van der Waals surface area contributed by atoms with Crippen LogP contribution in [0.4, 0.5) is 13.2 Å². The smallest absolute Gasteiger partial charge is 0.433 e. The van der Waals surface area contributed by atoms with E-state index in [1.807, 2.05) is 0 Å². The van der Waals surface area contributed by atoms with Crippen molar-refractivity contribution in [2.75, 3.05) is 13.7 Å². The van der Waals surface area contributed by atoms with Crippen LogP contribution in [0.5, 0.6) is 5.88 Å². The molecule has 1 aliphatic rings. The van der Waals surface area contributed by atoms with Crippen molar-refractivity contribution in [1.29, 1.82) is 0 Å². The monoisotopic (exact) mass is 232 g/mol. The van der Waals surface area contributed by atoms with Gasteiger partial charge in [0.2, 0.25) is 5.88 Å². The molecular weight excluding hydrogens is 221 g/mol. The van der Waals surface area contributed by atoms with Crippen LogP contribution in [-0.2, 0) is 19.1 Å². The average Bonchev–Trinajstić information content (AvgIpc) is 2.26. The summed E-state index contributed by atoms with van der Waals surface area (Å²) < 4.78 is 42.5. The molecule has 0 aromatic carbocycles. The van der Waals surface area contributed by atoms with Gasteiger partial charge in [0.1, 0.15) is 5.69 Å². The molecule has 1 N–H and O–H groups in total. The molecule has 0 atom stereocenters. The lowest BCUT2D eigenvalue weighted by atomic mass is 10.0. The maximum atomic E-state index is 12.5. The van der Waals surface area contributed by atoms with Gasteiger partial charge in [0.05, 0.1) is 7.11 Å². The molecule has 1 aliphatic heterocycles. The number of ether oxygens (including phenoxy) is 1. The largest absolute Gasteiger partial charge is 0.481 e. The lowest BCUT2D eigenvalue weighted by molar-refractivity contribution is -0.141. The highest BCUT2D eigenvalue weighted by molar-refractivity contribution is 5.39. The van der Waals surface area contributed by atoms with E-state index in [1.165, 1.54) is 7.11 Å². The van der Waals surface area contributed by atoms with Gasteiger partial charge in [-0.1, -0.05) is 0 Å². The van der Waals surface area contributed by atoms with Gasteiger partial charge in [0, 0.05) is 12.1 Å². The van der Waals surface area contributed by atoms with Crippen molar-refractivity contribution in [3.8, 4) is 5.88 Å². The maximum absolute atomic E-state index is 12.5. The van der Waals surface area contributed by atoms with Gasteiger partial charge in [-0.05, 0) is 24.6 Å². The summed E-state index contributed by atoms with van der Waals surface area (Å²) in [5.74, 6) is 0.0892. The molecule has 0 unspecified atom stereocenters. The number of nitrogens with zero attached hydrogens (tertiary/aromatic N) is 1. The van der Waals surface area contributed by atoms with E-state index in [4.69, 9.17) is 4.74 Å². The van der Waals surface area contributed by atoms with Gasteiger partial charge in [0.15, 0.2) is 0 Å². The Morgan fingerprint density at radius 1 is 1.44 bits per heavy atom. The van der Waals surface area contributed by atoms with Gasteiger partial charge in [-0.3, -0.25) is 0 Å². The second kappa shape index (κ2) is 3.93. The molecule has 2 heterocycles. The van der Waals surface area contributed by atoms with Crippen LogP contribution < -0.4 is 10.1 Å². The minimum absolute atomic E-state index is 0.0892. The van der Waals surface area contributed by atoms with Crippen molar-refractivity contribution in [3.05, 3.63) is 22.9 Å². The van der Waals surface area contributed by atoms with Gasteiger partial charge in [-0.25, -0.2) is 4.98 Å². The Kier molecular flexibility index (Phi) is 2.75. The number of aromatic nitrogens is 1. The van der Waals surface area contributed by atoms with E-state index in [9.17, 15) is 13.2 Å². The van der Waals surface area contributed by atoms with Gasteiger partial charge in [0.25, 0.3) is 0 Å². The quantitative estimate of drug-likeness (QED) is 0.801. The normalized spacial score (nSPS) is 15.8. The van der Waals surface area contributed by atoms with Crippen molar-refractivity contribution >= 4 is 0 Å². The second-order valence-corrected chi connectivity index (χ2v) is 3.58. The second-order valence-electron chi connectivity index (χ2n) is 3.58. The molecule has 1 aromatic heterocycles. The Bertz CT molecular complexity index is 387. The van der Waals surface area contributed by atoms with E-state index in [2.05, 4.69) is 10.3 Å². The molecule has 0 amide bonds. The zero-order chi connectivity index (χ0) is 11.8. The Morgan fingerprint density at radius 2 is 2.19 bits per heavy atom. The topological polar surface area (TPSA) is 34.1 Å². The molecule has 1 aromatic rings. The SMILES string of the molecule is COc1nc(C(F)(F)F)cc2c1CCNC2. The minimum atomic E-state index is -4.43. The zero-order valence-electron chi connectivity index (χ0n) is 8.69. The van der Waals surface area contributed by atoms with Crippen molar-refractivity contribution in [2.24, 2.45) is 0 Å². The van der Waals surface area contributed by atoms with E-state index in [0.29, 0.717) is 18.5 Å². The Morgan fingerprint density at radius 3 is 2.81 bits per heavy atom. The summed E-state index contributed by atoms with van der Waals surface area (Å²) in [4.78, 5) is 3.50. The summed E-state index contributed by atoms with van der Waals surface area (Å²) in [5.41, 5.74) is 0.492. The van der Waals surface area contributed by atoms with Crippen molar-refractivity contribution in [2.45, 2.75) is 19.1 Å². The first kappa shape index (κ1) is 11.2. The molecule has 88 valence electrons. The molecule has 0 saturated carbocycles. The molecule has 16 heavy (non-hydrogen) atoms. The van der Waals surface area contributed by atoms with Gasteiger partial charge in [-0.2, -0.15) is 13.2 Å². The average molecular weight is 232 g/mol. The molecule has 0 saturated heterocycles. The Hall–Kier alpha value is -1.30. The number of pyridine rings is 1. The lowest BCUT2D eigenvalue weighted by Gasteiger charge is -2.20. The number of halogens is 3. The minimum Gasteiger partial charge on any atom is -0.481 e. The molecule has 6 heteroatoms. The summed E-state index contributed by atoms with van der Waals surface area (Å²) >= 11 is 0. The van der Waals surface area contributed by atoms with E-state index >= 15 is 0 Å². The van der Waals surface area contributed by atoms with Crippen LogP contribution in [0.3, 0.4) is 0 Å². The van der Waals surface area contributed by atoms with E-state index < -0.39 is 11.9 Å². The van der Waals surface area contributed by atoms with E-state index in [1.54, 1.807) is 0 Å². The third-order valence-electron chi connectivity index (χ3n) is 2.53. The molecule has 0 bridgehead atoms. The predicted octanol–water partition coefficient (Wildman–Crippen LogP) is 1.75. The van der Waals surface area contributed by atoms with Crippen molar-refractivity contribution < 1.29 is 17.9 Å². The first-order chi connectivity index (χ1) is 7.52. The summed E-state index contributed by atoms with van der Waals surface area (Å²) in [6.45, 7) is 1.16. The fraction of sp³-hybridized carbons (Fsp3) is 0.500. The summed E-state index contributed by atoms with van der Waals surface area (Å²) in [6, 6.07) is 1.09. The highest BCUT2D eigenvalue weighted by Crippen LogP contribution is 2.33. The van der Waals surface area contributed by atoms with Crippen molar-refractivity contribution in [1.82, 2.24) is 10.3 Å². The molecule has 0 fully saturated rings. The van der Waals surface area contributed by atoms with Crippen LogP contribution in [0.25, 0.3) is 0 Å². The predicted molar refractivity (Wildman–Crippen MR) is 51.2 cm³/mol. The summed E-state index contributed by atoms with van der Waals surface area (Å²) in [7, 11) is 1.34. The molecule has 0 aliphatic carbocycles. The number of alkyl halides is 3. The fourth-order valence-electron chi connectivity index (χ4n) is 1.77. The van der Waals surface area contributed by atoms with Crippen LogP contribution in [0.15, 0.2) is 6.07 Å². The van der Waals surface area contributed by atoms with Crippen LogP contribution in [0.1, 0.15) is 16.8 Å². The number of hydrogen-bond donors (Lipinski definition) is 1. The van der Waals surface area contributed by atoms with E-state index in [0.717, 1.165) is 18.2 Å². The first-order valence-corrected chi connectivity index (χ1v) is 4.87. The number of fused-ring (bicyclic) bond motifs is 1. The van der Waals surface area contributed by atoms with Crippen LogP contribution in [0.2, 0.25) is 0 Å². The lowest BCUT2D eigenvalue weighted by Crippen LogP contribution is -2.25. The van der Waals surface area contributed by atoms with Crippen LogP contribution in [0, 0.1) is 0 Å². The van der Waals surface area contributed by atoms with Gasteiger partial charge in [-0.15, -0.1) is 0 Å². The number of hydrogen-bond acceptors (Lipinski definition) is 3. The third-order valence-corrected chi connectivity index (χ3v) is 2.53. The maximum Gasteiger partial charge on any atom is 0.433 e. The zero-order valence-corrected chi connectivity index (χ0v) is 8.69. The van der Waals surface area contributed by atoms with Crippen molar-refractivity contribution in [3.63, 3.8) is 0 Å². The number of rotatable bonds is 1. The van der Waals surface area contributed by atoms with Crippen LogP contribution >= 0.6 is 0 Å². The number of methoxy groups -OCH3 is 1. The Balaban J connectivity index is 2.52. The highest BCUT2D eigenvalue weighted by atomic mass is 19.4. The molecule has 2 rings (SSSR count). The molecule has 3 nitrogen and oxygen atoms in total. The molecule has 0 radical (unpaired) electrons.